The van der Waals surface area contributed by atoms with Gasteiger partial charge < -0.3 is 0 Å². The van der Waals surface area contributed by atoms with E-state index in [4.69, 9.17) is 0 Å². The lowest BCUT2D eigenvalue weighted by molar-refractivity contribution is 0.828. The third kappa shape index (κ3) is 6.42. The van der Waals surface area contributed by atoms with Crippen LogP contribution in [0.4, 0.5) is 0 Å². The molecular weight excluding hydrogens is 228 g/mol. The van der Waals surface area contributed by atoms with Crippen molar-refractivity contribution in [2.24, 2.45) is 0 Å². The van der Waals surface area contributed by atoms with Crippen molar-refractivity contribution in [2.75, 3.05) is 0 Å². The van der Waals surface area contributed by atoms with Crippen LogP contribution in [0.2, 0.25) is 0 Å². The third-order valence-corrected chi connectivity index (χ3v) is 2.97. The van der Waals surface area contributed by atoms with Gasteiger partial charge in [-0.1, -0.05) is 77.1 Å². The largest absolute Gasteiger partial charge is 0.0776 e. The first kappa shape index (κ1) is 20.0. The topological polar surface area (TPSA) is 0 Å². The maximum absolute atomic E-state index is 2.27. The van der Waals surface area contributed by atoms with E-state index in [1.165, 1.54) is 29.5 Å². The minimum absolute atomic E-state index is 0. The van der Waals surface area contributed by atoms with Gasteiger partial charge in [0.15, 0.2) is 0 Å². The van der Waals surface area contributed by atoms with Crippen molar-refractivity contribution < 1.29 is 0 Å². The second kappa shape index (κ2) is 11.8. The number of hydrogen-bond acceptors (Lipinski definition) is 0. The highest BCUT2D eigenvalue weighted by Gasteiger charge is 2.08. The Morgan fingerprint density at radius 3 is 1.84 bits per heavy atom. The molecule has 0 aliphatic heterocycles. The number of hydrogen-bond donors (Lipinski definition) is 0. The van der Waals surface area contributed by atoms with E-state index in [1.807, 2.05) is 27.7 Å². The van der Waals surface area contributed by atoms with Gasteiger partial charge >= 0.3 is 0 Å². The molecule has 0 unspecified atom stereocenters. The summed E-state index contributed by atoms with van der Waals surface area (Å²) in [6.45, 7) is 12.4. The van der Waals surface area contributed by atoms with Gasteiger partial charge in [-0.15, -0.1) is 0 Å². The Hall–Kier alpha value is -1.30. The fourth-order valence-corrected chi connectivity index (χ4v) is 1.71. The predicted octanol–water partition coefficient (Wildman–Crippen LogP) is 6.81. The van der Waals surface area contributed by atoms with Gasteiger partial charge in [-0.3, -0.25) is 0 Å². The summed E-state index contributed by atoms with van der Waals surface area (Å²) in [5.74, 6) is 0. The van der Waals surface area contributed by atoms with Crippen LogP contribution in [0.25, 0.3) is 6.08 Å². The first-order chi connectivity index (χ1) is 8.77. The molecule has 1 aliphatic carbocycles. The lowest BCUT2D eigenvalue weighted by Crippen LogP contribution is -1.97. The van der Waals surface area contributed by atoms with E-state index >= 15 is 0 Å². The molecule has 0 aromatic heterocycles. The van der Waals surface area contributed by atoms with Crippen LogP contribution < -0.4 is 0 Å². The average molecular weight is 260 g/mol. The first-order valence-corrected chi connectivity index (χ1v) is 7.20. The Kier molecular flexibility index (Phi) is 12.4. The van der Waals surface area contributed by atoms with Crippen molar-refractivity contribution in [2.45, 2.75) is 61.8 Å². The van der Waals surface area contributed by atoms with Crippen LogP contribution in [-0.2, 0) is 0 Å². The smallest absolute Gasteiger partial charge is 0.0227 e. The summed E-state index contributed by atoms with van der Waals surface area (Å²) in [6, 6.07) is 8.50. The Bertz CT molecular complexity index is 394. The highest BCUT2D eigenvalue weighted by atomic mass is 14.1. The van der Waals surface area contributed by atoms with Gasteiger partial charge in [0, 0.05) is 0 Å². The summed E-state index contributed by atoms with van der Waals surface area (Å²) in [6.07, 6.45) is 7.04. The average Bonchev–Trinajstić information content (AvgIpc) is 2.44. The van der Waals surface area contributed by atoms with Crippen LogP contribution in [0.5, 0.6) is 0 Å². The van der Waals surface area contributed by atoms with Crippen molar-refractivity contribution in [3.63, 3.8) is 0 Å². The van der Waals surface area contributed by atoms with Crippen LogP contribution in [0.1, 0.15) is 66.0 Å². The van der Waals surface area contributed by atoms with E-state index in [1.54, 1.807) is 5.57 Å². The molecule has 0 amide bonds. The molecule has 0 fully saturated rings. The molecule has 0 saturated heterocycles. The molecular formula is C19H32. The molecule has 0 N–H and O–H groups in total. The maximum atomic E-state index is 2.27. The summed E-state index contributed by atoms with van der Waals surface area (Å²) in [5, 5.41) is 0. The summed E-state index contributed by atoms with van der Waals surface area (Å²) < 4.78 is 0. The van der Waals surface area contributed by atoms with E-state index < -0.39 is 0 Å². The predicted molar refractivity (Wildman–Crippen MR) is 91.6 cm³/mol. The molecule has 0 bridgehead atoms. The molecule has 0 heterocycles. The monoisotopic (exact) mass is 260 g/mol. The zero-order valence-corrected chi connectivity index (χ0v) is 12.9. The molecule has 0 spiro atoms. The molecule has 19 heavy (non-hydrogen) atoms. The Labute approximate surface area is 121 Å². The minimum Gasteiger partial charge on any atom is -0.0776 e. The number of allylic oxidation sites excluding steroid dienone is 3. The fraction of sp³-hybridized carbons (Fsp3) is 0.474. The van der Waals surface area contributed by atoms with Gasteiger partial charge in [0.2, 0.25) is 0 Å². The molecule has 1 aliphatic rings. The number of rotatable bonds is 2. The number of benzene rings is 1. The SMILES string of the molecule is C.CC.CC.CC1=C(/C=C\c2ccccc2C)CC1. The molecule has 0 saturated carbocycles. The lowest BCUT2D eigenvalue weighted by Gasteiger charge is -2.17. The van der Waals surface area contributed by atoms with E-state index in [0.29, 0.717) is 0 Å². The van der Waals surface area contributed by atoms with Gasteiger partial charge in [0.1, 0.15) is 0 Å². The second-order valence-corrected chi connectivity index (χ2v) is 4.00. The number of aryl methyl sites for hydroxylation is 1. The first-order valence-electron chi connectivity index (χ1n) is 7.20. The van der Waals surface area contributed by atoms with Crippen molar-refractivity contribution >= 4 is 6.08 Å². The summed E-state index contributed by atoms with van der Waals surface area (Å²) in [4.78, 5) is 0. The third-order valence-electron chi connectivity index (χ3n) is 2.97. The van der Waals surface area contributed by atoms with E-state index in [2.05, 4.69) is 50.3 Å². The molecule has 108 valence electrons. The molecule has 1 aromatic carbocycles. The van der Waals surface area contributed by atoms with E-state index in [-0.39, 0.29) is 7.43 Å². The van der Waals surface area contributed by atoms with Crippen molar-refractivity contribution in [3.8, 4) is 0 Å². The summed E-state index contributed by atoms with van der Waals surface area (Å²) >= 11 is 0. The van der Waals surface area contributed by atoms with Crippen LogP contribution in [0.15, 0.2) is 41.5 Å². The van der Waals surface area contributed by atoms with Crippen LogP contribution in [0.3, 0.4) is 0 Å². The van der Waals surface area contributed by atoms with Crippen molar-refractivity contribution in [3.05, 3.63) is 52.6 Å². The van der Waals surface area contributed by atoms with Crippen molar-refractivity contribution in [1.29, 1.82) is 0 Å². The Morgan fingerprint density at radius 1 is 0.842 bits per heavy atom. The zero-order valence-electron chi connectivity index (χ0n) is 12.9. The summed E-state index contributed by atoms with van der Waals surface area (Å²) in [5.41, 5.74) is 5.75. The molecule has 1 aromatic rings. The standard InChI is InChI=1S/C14H16.2C2H6.CH4/c1-11-5-3-4-6-13(11)9-10-14-8-7-12(14)2;2*1-2;/h3-6,9-10H,7-8H2,1-2H3;2*1-2H3;1H4/b10-9-;;;. The Morgan fingerprint density at radius 2 is 1.42 bits per heavy atom. The van der Waals surface area contributed by atoms with Crippen LogP contribution in [0, 0.1) is 6.92 Å². The Balaban J connectivity index is 0. The maximum Gasteiger partial charge on any atom is -0.0227 e. The van der Waals surface area contributed by atoms with Gasteiger partial charge in [-0.2, -0.15) is 0 Å². The molecule has 0 nitrogen and oxygen atoms in total. The van der Waals surface area contributed by atoms with E-state index in [0.717, 1.165) is 0 Å². The molecule has 0 radical (unpaired) electrons. The van der Waals surface area contributed by atoms with Gasteiger partial charge in [-0.25, -0.2) is 0 Å². The van der Waals surface area contributed by atoms with Crippen LogP contribution in [-0.4, -0.2) is 0 Å². The second-order valence-electron chi connectivity index (χ2n) is 4.00. The van der Waals surface area contributed by atoms with Gasteiger partial charge in [0.05, 0.1) is 0 Å². The lowest BCUT2D eigenvalue weighted by atomic mass is 9.89. The molecule has 0 atom stereocenters. The molecule has 0 heteroatoms. The normalized spacial score (nSPS) is 12.5. The molecule has 2 rings (SSSR count). The summed E-state index contributed by atoms with van der Waals surface area (Å²) in [7, 11) is 0. The van der Waals surface area contributed by atoms with Crippen LogP contribution >= 0.6 is 0 Å². The van der Waals surface area contributed by atoms with Gasteiger partial charge in [-0.05, 0) is 43.4 Å². The van der Waals surface area contributed by atoms with E-state index in [9.17, 15) is 0 Å². The van der Waals surface area contributed by atoms with Gasteiger partial charge in [0.25, 0.3) is 0 Å². The fourth-order valence-electron chi connectivity index (χ4n) is 1.71. The zero-order chi connectivity index (χ0) is 14.0. The quantitative estimate of drug-likeness (QED) is 0.548. The minimum atomic E-state index is 0. The highest BCUT2D eigenvalue weighted by molar-refractivity contribution is 5.57. The van der Waals surface area contributed by atoms with Crippen molar-refractivity contribution in [1.82, 2.24) is 0 Å². The highest BCUT2D eigenvalue weighted by Crippen LogP contribution is 2.28.